The van der Waals surface area contributed by atoms with Crippen LogP contribution in [0, 0.1) is 0 Å². The summed E-state index contributed by atoms with van der Waals surface area (Å²) >= 11 is 1.51. The summed E-state index contributed by atoms with van der Waals surface area (Å²) < 4.78 is 0. The van der Waals surface area contributed by atoms with Crippen molar-refractivity contribution in [1.29, 1.82) is 0 Å². The molecule has 1 amide bonds. The summed E-state index contributed by atoms with van der Waals surface area (Å²) in [7, 11) is 0. The molecule has 3 nitrogen and oxygen atoms in total. The Kier molecular flexibility index (Phi) is 5.29. The molecule has 0 spiro atoms. The Morgan fingerprint density at radius 1 is 0.742 bits per heavy atom. The zero-order valence-corrected chi connectivity index (χ0v) is 17.6. The number of fused-ring (bicyclic) bond motifs is 1. The Hall–Kier alpha value is -3.76. The number of carbonyl (C=O) groups excluding carboxylic acids is 1. The van der Waals surface area contributed by atoms with E-state index in [-0.39, 0.29) is 5.91 Å². The van der Waals surface area contributed by atoms with Crippen molar-refractivity contribution < 1.29 is 4.79 Å². The van der Waals surface area contributed by atoms with E-state index < -0.39 is 0 Å². The minimum Gasteiger partial charge on any atom is -0.302 e. The highest BCUT2D eigenvalue weighted by Crippen LogP contribution is 2.39. The third-order valence-electron chi connectivity index (χ3n) is 5.19. The van der Waals surface area contributed by atoms with Gasteiger partial charge < -0.3 is 5.32 Å². The average molecular weight is 421 g/mol. The van der Waals surface area contributed by atoms with Crippen LogP contribution in [0.5, 0.6) is 0 Å². The van der Waals surface area contributed by atoms with E-state index in [1.165, 1.54) is 11.3 Å². The number of nitrogens with zero attached hydrogens (tertiary/aromatic N) is 1. The van der Waals surface area contributed by atoms with E-state index in [9.17, 15) is 4.79 Å². The van der Waals surface area contributed by atoms with Gasteiger partial charge in [-0.15, -0.1) is 0 Å². The quantitative estimate of drug-likeness (QED) is 0.339. The fourth-order valence-corrected chi connectivity index (χ4v) is 4.74. The fraction of sp³-hybridized carbons (Fsp3) is 0.0370. The van der Waals surface area contributed by atoms with Crippen LogP contribution in [0.3, 0.4) is 0 Å². The largest absolute Gasteiger partial charge is 0.302 e. The second-order valence-corrected chi connectivity index (χ2v) is 8.29. The van der Waals surface area contributed by atoms with Gasteiger partial charge in [0.2, 0.25) is 5.91 Å². The van der Waals surface area contributed by atoms with Crippen LogP contribution < -0.4 is 5.32 Å². The third-order valence-corrected chi connectivity index (χ3v) is 6.21. The molecule has 31 heavy (non-hydrogen) atoms. The van der Waals surface area contributed by atoms with E-state index in [1.807, 2.05) is 72.8 Å². The molecule has 0 saturated heterocycles. The molecule has 0 aliphatic rings. The van der Waals surface area contributed by atoms with Gasteiger partial charge in [-0.25, -0.2) is 4.98 Å². The first-order valence-corrected chi connectivity index (χ1v) is 11.0. The maximum Gasteiger partial charge on any atom is 0.230 e. The maximum atomic E-state index is 12.9. The molecule has 0 radical (unpaired) electrons. The summed E-state index contributed by atoms with van der Waals surface area (Å²) in [4.78, 5) is 18.7. The molecule has 0 unspecified atom stereocenters. The number of thiazole rings is 1. The van der Waals surface area contributed by atoms with Crippen molar-refractivity contribution in [3.05, 3.63) is 109 Å². The molecule has 150 valence electrons. The summed E-state index contributed by atoms with van der Waals surface area (Å²) in [6, 6.07) is 34.5. The van der Waals surface area contributed by atoms with Gasteiger partial charge in [0, 0.05) is 5.56 Å². The molecule has 4 heteroatoms. The Balaban J connectivity index is 1.45. The van der Waals surface area contributed by atoms with Gasteiger partial charge >= 0.3 is 0 Å². The lowest BCUT2D eigenvalue weighted by Crippen LogP contribution is -2.14. The average Bonchev–Trinajstić information content (AvgIpc) is 3.24. The van der Waals surface area contributed by atoms with Crippen molar-refractivity contribution >= 4 is 33.1 Å². The Bertz CT molecular complexity index is 1280. The number of carbonyl (C=O) groups is 1. The Morgan fingerprint density at radius 2 is 1.39 bits per heavy atom. The molecule has 0 bridgehead atoms. The lowest BCUT2D eigenvalue weighted by Gasteiger charge is -2.06. The highest BCUT2D eigenvalue weighted by Gasteiger charge is 2.16. The van der Waals surface area contributed by atoms with Gasteiger partial charge in [-0.3, -0.25) is 4.79 Å². The normalized spacial score (nSPS) is 10.8. The summed E-state index contributed by atoms with van der Waals surface area (Å²) in [5.41, 5.74) is 4.02. The minimum atomic E-state index is -0.0654. The van der Waals surface area contributed by atoms with Crippen molar-refractivity contribution in [2.24, 2.45) is 0 Å². The molecular weight excluding hydrogens is 400 g/mol. The van der Waals surface area contributed by atoms with Crippen molar-refractivity contribution in [2.45, 2.75) is 6.42 Å². The van der Waals surface area contributed by atoms with Gasteiger partial charge in [0.1, 0.15) is 0 Å². The molecular formula is C27H20N2OS. The number of hydrogen-bond donors (Lipinski definition) is 1. The van der Waals surface area contributed by atoms with E-state index in [4.69, 9.17) is 4.98 Å². The van der Waals surface area contributed by atoms with Crippen LogP contribution in [0.4, 0.5) is 5.13 Å². The molecule has 5 rings (SSSR count). The summed E-state index contributed by atoms with van der Waals surface area (Å²) in [6.07, 6.45) is 0.308. The first-order chi connectivity index (χ1) is 15.3. The second-order valence-electron chi connectivity index (χ2n) is 7.29. The molecule has 0 fully saturated rings. The number of benzene rings is 4. The zero-order valence-electron chi connectivity index (χ0n) is 16.8. The number of amides is 1. The number of nitrogens with one attached hydrogen (secondary N) is 1. The number of hydrogen-bond acceptors (Lipinski definition) is 3. The smallest absolute Gasteiger partial charge is 0.230 e. The number of aromatic nitrogens is 1. The highest BCUT2D eigenvalue weighted by atomic mass is 32.1. The van der Waals surface area contributed by atoms with Crippen LogP contribution in [0.1, 0.15) is 5.56 Å². The highest BCUT2D eigenvalue weighted by molar-refractivity contribution is 7.19. The van der Waals surface area contributed by atoms with Crippen LogP contribution >= 0.6 is 11.3 Å². The molecule has 0 aliphatic heterocycles. The molecule has 0 aliphatic carbocycles. The monoisotopic (exact) mass is 420 g/mol. The van der Waals surface area contributed by atoms with Crippen molar-refractivity contribution in [2.75, 3.05) is 5.32 Å². The van der Waals surface area contributed by atoms with Gasteiger partial charge in [0.05, 0.1) is 17.0 Å². The van der Waals surface area contributed by atoms with Crippen LogP contribution in [-0.4, -0.2) is 10.9 Å². The fourth-order valence-electron chi connectivity index (χ4n) is 3.73. The molecule has 1 aromatic heterocycles. The van der Waals surface area contributed by atoms with Crippen LogP contribution in [0.25, 0.3) is 32.5 Å². The first-order valence-electron chi connectivity index (χ1n) is 10.2. The standard InChI is InChI=1S/C27H20N2OS/c30-24(18-22-16-9-15-19-10-7-8-17-23(19)22)28-27-29-25(20-11-3-1-4-12-20)26(31-27)21-13-5-2-6-14-21/h1-17H,18H2,(H,28,29,30). The van der Waals surface area contributed by atoms with Crippen molar-refractivity contribution in [1.82, 2.24) is 4.98 Å². The molecule has 4 aromatic carbocycles. The predicted octanol–water partition coefficient (Wildman–Crippen LogP) is 6.81. The Morgan fingerprint density at radius 3 is 2.16 bits per heavy atom. The zero-order chi connectivity index (χ0) is 21.0. The Labute approximate surface area is 185 Å². The van der Waals surface area contributed by atoms with E-state index >= 15 is 0 Å². The molecule has 1 N–H and O–H groups in total. The van der Waals surface area contributed by atoms with Crippen molar-refractivity contribution in [3.8, 4) is 21.7 Å². The lowest BCUT2D eigenvalue weighted by molar-refractivity contribution is -0.115. The molecule has 1 heterocycles. The SMILES string of the molecule is O=C(Cc1cccc2ccccc12)Nc1nc(-c2ccccc2)c(-c2ccccc2)s1. The third kappa shape index (κ3) is 4.11. The van der Waals surface area contributed by atoms with E-state index in [2.05, 4.69) is 35.6 Å². The van der Waals surface area contributed by atoms with Gasteiger partial charge in [-0.2, -0.15) is 0 Å². The van der Waals surface area contributed by atoms with Gasteiger partial charge in [-0.1, -0.05) is 114 Å². The first kappa shape index (κ1) is 19.2. The molecule has 0 saturated carbocycles. The van der Waals surface area contributed by atoms with Gasteiger partial charge in [-0.05, 0) is 21.9 Å². The maximum absolute atomic E-state index is 12.9. The van der Waals surface area contributed by atoms with Crippen LogP contribution in [0.15, 0.2) is 103 Å². The van der Waals surface area contributed by atoms with Gasteiger partial charge in [0.15, 0.2) is 5.13 Å². The van der Waals surface area contributed by atoms with E-state index in [1.54, 1.807) is 0 Å². The summed E-state index contributed by atoms with van der Waals surface area (Å²) in [6.45, 7) is 0. The van der Waals surface area contributed by atoms with E-state index in [0.717, 1.165) is 38.0 Å². The molecule has 0 atom stereocenters. The second kappa shape index (κ2) is 8.54. The van der Waals surface area contributed by atoms with Crippen LogP contribution in [0.2, 0.25) is 0 Å². The topological polar surface area (TPSA) is 42.0 Å². The summed E-state index contributed by atoms with van der Waals surface area (Å²) in [5.74, 6) is -0.0654. The number of rotatable bonds is 5. The summed E-state index contributed by atoms with van der Waals surface area (Å²) in [5, 5.41) is 5.88. The lowest BCUT2D eigenvalue weighted by atomic mass is 10.0. The predicted molar refractivity (Wildman–Crippen MR) is 129 cm³/mol. The minimum absolute atomic E-state index is 0.0654. The van der Waals surface area contributed by atoms with Crippen LogP contribution in [-0.2, 0) is 11.2 Å². The van der Waals surface area contributed by atoms with Crippen molar-refractivity contribution in [3.63, 3.8) is 0 Å². The number of anilines is 1. The van der Waals surface area contributed by atoms with E-state index in [0.29, 0.717) is 11.6 Å². The van der Waals surface area contributed by atoms with Gasteiger partial charge in [0.25, 0.3) is 0 Å². The molecule has 5 aromatic rings.